The largest absolute Gasteiger partial charge is 0.497 e. The topological polar surface area (TPSA) is 67.8 Å². The van der Waals surface area contributed by atoms with Crippen LogP contribution in [0.4, 0.5) is 5.82 Å². The number of hydrogen-bond donors (Lipinski definition) is 0. The molecule has 1 aromatic heterocycles. The Morgan fingerprint density at radius 3 is 2.35 bits per heavy atom. The first-order valence-electron chi connectivity index (χ1n) is 8.80. The van der Waals surface area contributed by atoms with Crippen LogP contribution in [-0.2, 0) is 9.53 Å². The molecule has 0 spiro atoms. The second-order valence-corrected chi connectivity index (χ2v) is 6.01. The monoisotopic (exact) mass is 356 g/mol. The maximum absolute atomic E-state index is 12.0. The van der Waals surface area contributed by atoms with Gasteiger partial charge >= 0.3 is 0 Å². The molecule has 1 fully saturated rings. The molecule has 0 bridgehead atoms. The molecule has 26 heavy (non-hydrogen) atoms. The fourth-order valence-corrected chi connectivity index (χ4v) is 2.88. The van der Waals surface area contributed by atoms with Crippen LogP contribution in [0, 0.1) is 0 Å². The molecule has 1 aliphatic heterocycles. The summed E-state index contributed by atoms with van der Waals surface area (Å²) in [6, 6.07) is 11.7. The van der Waals surface area contributed by atoms with E-state index in [-0.39, 0.29) is 12.5 Å². The van der Waals surface area contributed by atoms with Crippen molar-refractivity contribution in [2.45, 2.75) is 6.92 Å². The van der Waals surface area contributed by atoms with Crippen LogP contribution in [0.15, 0.2) is 36.4 Å². The van der Waals surface area contributed by atoms with Gasteiger partial charge in [-0.15, -0.1) is 10.2 Å². The van der Waals surface area contributed by atoms with E-state index in [9.17, 15) is 4.79 Å². The van der Waals surface area contributed by atoms with Crippen LogP contribution >= 0.6 is 0 Å². The van der Waals surface area contributed by atoms with E-state index in [0.29, 0.717) is 19.7 Å². The van der Waals surface area contributed by atoms with Gasteiger partial charge in [-0.2, -0.15) is 0 Å². The third-order valence-corrected chi connectivity index (χ3v) is 4.42. The van der Waals surface area contributed by atoms with Gasteiger partial charge in [0.2, 0.25) is 5.91 Å². The van der Waals surface area contributed by atoms with E-state index in [0.717, 1.165) is 35.9 Å². The smallest absolute Gasteiger partial charge is 0.248 e. The summed E-state index contributed by atoms with van der Waals surface area (Å²) >= 11 is 0. The van der Waals surface area contributed by atoms with E-state index in [1.165, 1.54) is 0 Å². The molecule has 1 aliphatic rings. The van der Waals surface area contributed by atoms with Gasteiger partial charge in [0, 0.05) is 38.3 Å². The highest BCUT2D eigenvalue weighted by molar-refractivity contribution is 5.77. The summed E-state index contributed by atoms with van der Waals surface area (Å²) in [6.45, 7) is 5.44. The fourth-order valence-electron chi connectivity index (χ4n) is 2.88. The first kappa shape index (κ1) is 18.1. The molecule has 1 amide bonds. The molecule has 0 radical (unpaired) electrons. The highest BCUT2D eigenvalue weighted by atomic mass is 16.5. The van der Waals surface area contributed by atoms with Gasteiger partial charge in [0.25, 0.3) is 0 Å². The summed E-state index contributed by atoms with van der Waals surface area (Å²) in [7, 11) is 1.65. The SMILES string of the molecule is CCOCC(=O)N1CCN(c2ccc(-c3ccc(OC)cc3)nn2)CC1. The van der Waals surface area contributed by atoms with Crippen LogP contribution < -0.4 is 9.64 Å². The van der Waals surface area contributed by atoms with Crippen molar-refractivity contribution in [1.29, 1.82) is 0 Å². The summed E-state index contributed by atoms with van der Waals surface area (Å²) in [6.07, 6.45) is 0. The molecule has 7 nitrogen and oxygen atoms in total. The van der Waals surface area contributed by atoms with Crippen molar-refractivity contribution in [3.8, 4) is 17.0 Å². The highest BCUT2D eigenvalue weighted by Crippen LogP contribution is 2.22. The number of methoxy groups -OCH3 is 1. The Kier molecular flexibility index (Phi) is 6.01. The lowest BCUT2D eigenvalue weighted by Crippen LogP contribution is -2.50. The molecule has 1 aromatic carbocycles. The van der Waals surface area contributed by atoms with Gasteiger partial charge in [0.15, 0.2) is 5.82 Å². The number of piperazine rings is 1. The minimum Gasteiger partial charge on any atom is -0.497 e. The van der Waals surface area contributed by atoms with Crippen molar-refractivity contribution < 1.29 is 14.3 Å². The number of carbonyl (C=O) groups is 1. The minimum absolute atomic E-state index is 0.0486. The van der Waals surface area contributed by atoms with Crippen molar-refractivity contribution in [3.05, 3.63) is 36.4 Å². The van der Waals surface area contributed by atoms with E-state index >= 15 is 0 Å². The number of anilines is 1. The molecule has 7 heteroatoms. The van der Waals surface area contributed by atoms with Crippen LogP contribution in [0.5, 0.6) is 5.75 Å². The lowest BCUT2D eigenvalue weighted by Gasteiger charge is -2.35. The zero-order valence-electron chi connectivity index (χ0n) is 15.2. The average molecular weight is 356 g/mol. The van der Waals surface area contributed by atoms with E-state index in [1.54, 1.807) is 7.11 Å². The van der Waals surface area contributed by atoms with E-state index in [4.69, 9.17) is 9.47 Å². The third-order valence-electron chi connectivity index (χ3n) is 4.42. The van der Waals surface area contributed by atoms with Gasteiger partial charge < -0.3 is 19.3 Å². The van der Waals surface area contributed by atoms with Crippen LogP contribution in [0.3, 0.4) is 0 Å². The normalized spacial score (nSPS) is 14.4. The Balaban J connectivity index is 1.58. The number of ether oxygens (including phenoxy) is 2. The van der Waals surface area contributed by atoms with Crippen molar-refractivity contribution in [2.75, 3.05) is 51.4 Å². The molecule has 1 saturated heterocycles. The zero-order valence-corrected chi connectivity index (χ0v) is 15.2. The first-order valence-corrected chi connectivity index (χ1v) is 8.80. The number of amides is 1. The number of hydrogen-bond acceptors (Lipinski definition) is 6. The van der Waals surface area contributed by atoms with E-state index in [1.807, 2.05) is 48.2 Å². The van der Waals surface area contributed by atoms with Gasteiger partial charge in [-0.25, -0.2) is 0 Å². The molecule has 2 heterocycles. The molecule has 3 rings (SSSR count). The van der Waals surface area contributed by atoms with E-state index < -0.39 is 0 Å². The molecular formula is C19H24N4O3. The Morgan fingerprint density at radius 2 is 1.77 bits per heavy atom. The van der Waals surface area contributed by atoms with Gasteiger partial charge in [0.1, 0.15) is 12.4 Å². The molecular weight excluding hydrogens is 332 g/mol. The van der Waals surface area contributed by atoms with Crippen molar-refractivity contribution in [2.24, 2.45) is 0 Å². The highest BCUT2D eigenvalue weighted by Gasteiger charge is 2.22. The maximum atomic E-state index is 12.0. The van der Waals surface area contributed by atoms with Crippen LogP contribution in [0.25, 0.3) is 11.3 Å². The first-order chi connectivity index (χ1) is 12.7. The van der Waals surface area contributed by atoms with Crippen molar-refractivity contribution >= 4 is 11.7 Å². The molecule has 0 saturated carbocycles. The maximum Gasteiger partial charge on any atom is 0.248 e. The zero-order chi connectivity index (χ0) is 18.4. The predicted octanol–water partition coefficient (Wildman–Crippen LogP) is 1.84. The lowest BCUT2D eigenvalue weighted by atomic mass is 10.1. The Morgan fingerprint density at radius 1 is 1.04 bits per heavy atom. The number of benzene rings is 1. The van der Waals surface area contributed by atoms with Crippen molar-refractivity contribution in [3.63, 3.8) is 0 Å². The summed E-state index contributed by atoms with van der Waals surface area (Å²) in [5.74, 6) is 1.70. The van der Waals surface area contributed by atoms with Crippen molar-refractivity contribution in [1.82, 2.24) is 15.1 Å². The van der Waals surface area contributed by atoms with Gasteiger partial charge in [0.05, 0.1) is 12.8 Å². The van der Waals surface area contributed by atoms with E-state index in [2.05, 4.69) is 15.1 Å². The second kappa shape index (κ2) is 8.62. The summed E-state index contributed by atoms with van der Waals surface area (Å²) in [4.78, 5) is 16.0. The minimum atomic E-state index is 0.0486. The number of nitrogens with zero attached hydrogens (tertiary/aromatic N) is 4. The van der Waals surface area contributed by atoms with Gasteiger partial charge in [-0.05, 0) is 43.3 Å². The molecule has 2 aromatic rings. The summed E-state index contributed by atoms with van der Waals surface area (Å²) in [5.41, 5.74) is 1.82. The number of rotatable bonds is 6. The quantitative estimate of drug-likeness (QED) is 0.787. The third kappa shape index (κ3) is 4.29. The summed E-state index contributed by atoms with van der Waals surface area (Å²) < 4.78 is 10.4. The lowest BCUT2D eigenvalue weighted by molar-refractivity contribution is -0.136. The van der Waals surface area contributed by atoms with Crippen LogP contribution in [-0.4, -0.2) is 67.5 Å². The number of carbonyl (C=O) groups excluding carboxylic acids is 1. The standard InChI is InChI=1S/C19H24N4O3/c1-3-26-14-19(24)23-12-10-22(11-13-23)18-9-8-17(20-21-18)15-4-6-16(25-2)7-5-15/h4-9H,3,10-14H2,1-2H3. The second-order valence-electron chi connectivity index (χ2n) is 6.01. The van der Waals surface area contributed by atoms with Gasteiger partial charge in [-0.1, -0.05) is 0 Å². The molecule has 0 aliphatic carbocycles. The van der Waals surface area contributed by atoms with Crippen LogP contribution in [0.2, 0.25) is 0 Å². The molecule has 0 unspecified atom stereocenters. The number of aromatic nitrogens is 2. The predicted molar refractivity (Wildman–Crippen MR) is 99.3 cm³/mol. The van der Waals surface area contributed by atoms with Crippen LogP contribution in [0.1, 0.15) is 6.92 Å². The Hall–Kier alpha value is -2.67. The molecule has 138 valence electrons. The summed E-state index contributed by atoms with van der Waals surface area (Å²) in [5, 5.41) is 8.70. The Bertz CT molecular complexity index is 711. The Labute approximate surface area is 153 Å². The molecule has 0 N–H and O–H groups in total. The van der Waals surface area contributed by atoms with Gasteiger partial charge in [-0.3, -0.25) is 4.79 Å². The average Bonchev–Trinajstić information content (AvgIpc) is 2.72. The fraction of sp³-hybridized carbons (Fsp3) is 0.421. The molecule has 0 atom stereocenters.